The molecule has 0 N–H and O–H groups in total. The summed E-state index contributed by atoms with van der Waals surface area (Å²) in [6.07, 6.45) is 7.89. The molecule has 0 spiro atoms. The van der Waals surface area contributed by atoms with Crippen molar-refractivity contribution in [2.75, 3.05) is 0 Å². The summed E-state index contributed by atoms with van der Waals surface area (Å²) in [7, 11) is 0. The lowest BCUT2D eigenvalue weighted by Gasteiger charge is -2.40. The van der Waals surface area contributed by atoms with Gasteiger partial charge in [0.25, 0.3) is 0 Å². The lowest BCUT2D eigenvalue weighted by atomic mass is 9.67. The van der Waals surface area contributed by atoms with E-state index in [0.29, 0.717) is 5.92 Å². The highest BCUT2D eigenvalue weighted by Crippen LogP contribution is 2.44. The highest BCUT2D eigenvalue weighted by atomic mass is 19.2. The van der Waals surface area contributed by atoms with E-state index < -0.39 is 12.3 Å². The van der Waals surface area contributed by atoms with Crippen LogP contribution >= 0.6 is 0 Å². The van der Waals surface area contributed by atoms with Crippen molar-refractivity contribution in [3.05, 3.63) is 12.7 Å². The average molecular weight is 270 g/mol. The van der Waals surface area contributed by atoms with E-state index in [1.807, 2.05) is 0 Å². The van der Waals surface area contributed by atoms with Crippen LogP contribution in [0.25, 0.3) is 0 Å². The third kappa shape index (κ3) is 3.38. The maximum Gasteiger partial charge on any atom is 0.138 e. The summed E-state index contributed by atoms with van der Waals surface area (Å²) in [5, 5.41) is 0. The smallest absolute Gasteiger partial charge is 0.138 e. The summed E-state index contributed by atoms with van der Waals surface area (Å²) in [6, 6.07) is 0. The van der Waals surface area contributed by atoms with Crippen LogP contribution in [-0.2, 0) is 0 Å². The number of halogens is 2. The van der Waals surface area contributed by atoms with Crippen LogP contribution in [0.4, 0.5) is 8.78 Å². The van der Waals surface area contributed by atoms with Crippen LogP contribution in [0.15, 0.2) is 12.7 Å². The first-order valence-electron chi connectivity index (χ1n) is 8.08. The van der Waals surface area contributed by atoms with Crippen LogP contribution in [0.1, 0.15) is 58.3 Å². The average Bonchev–Trinajstić information content (AvgIpc) is 2.43. The number of hydrogen-bond acceptors (Lipinski definition) is 0. The maximum atomic E-state index is 14.3. The minimum Gasteiger partial charge on any atom is -0.244 e. The van der Waals surface area contributed by atoms with Gasteiger partial charge in [-0.05, 0) is 43.4 Å². The highest BCUT2D eigenvalue weighted by Gasteiger charge is 2.42. The van der Waals surface area contributed by atoms with Crippen molar-refractivity contribution in [1.82, 2.24) is 0 Å². The molecule has 2 saturated carbocycles. The van der Waals surface area contributed by atoms with Gasteiger partial charge in [0, 0.05) is 5.92 Å². The van der Waals surface area contributed by atoms with Gasteiger partial charge in [-0.15, -0.1) is 6.58 Å². The summed E-state index contributed by atoms with van der Waals surface area (Å²) >= 11 is 0. The lowest BCUT2D eigenvalue weighted by Crippen LogP contribution is -2.41. The van der Waals surface area contributed by atoms with E-state index in [1.165, 1.54) is 25.7 Å². The Balaban J connectivity index is 1.87. The molecule has 4 unspecified atom stereocenters. The molecule has 2 rings (SSSR count). The zero-order valence-corrected chi connectivity index (χ0v) is 12.2. The molecule has 0 aromatic rings. The van der Waals surface area contributed by atoms with Gasteiger partial charge in [0.2, 0.25) is 0 Å². The van der Waals surface area contributed by atoms with Gasteiger partial charge in [-0.25, -0.2) is 8.78 Å². The Morgan fingerprint density at radius 3 is 2.26 bits per heavy atom. The molecule has 0 aromatic heterocycles. The second-order valence-corrected chi connectivity index (χ2v) is 6.60. The molecule has 19 heavy (non-hydrogen) atoms. The summed E-state index contributed by atoms with van der Waals surface area (Å²) in [4.78, 5) is 0. The quantitative estimate of drug-likeness (QED) is 0.593. The summed E-state index contributed by atoms with van der Waals surface area (Å²) in [5.41, 5.74) is 0. The van der Waals surface area contributed by atoms with E-state index in [4.69, 9.17) is 0 Å². The Kier molecular flexibility index (Phi) is 5.41. The molecule has 110 valence electrons. The van der Waals surface area contributed by atoms with Gasteiger partial charge in [-0.1, -0.05) is 38.7 Å². The number of allylic oxidation sites excluding steroid dienone is 1. The lowest BCUT2D eigenvalue weighted by molar-refractivity contribution is 0.000821. The van der Waals surface area contributed by atoms with E-state index in [2.05, 4.69) is 13.5 Å². The van der Waals surface area contributed by atoms with Crippen molar-refractivity contribution < 1.29 is 8.78 Å². The first kappa shape index (κ1) is 15.0. The van der Waals surface area contributed by atoms with E-state index in [1.54, 1.807) is 6.08 Å². The van der Waals surface area contributed by atoms with E-state index in [-0.39, 0.29) is 11.8 Å². The molecule has 4 atom stereocenters. The van der Waals surface area contributed by atoms with Crippen molar-refractivity contribution in [2.45, 2.75) is 70.6 Å². The number of rotatable bonds is 4. The Morgan fingerprint density at radius 1 is 1.00 bits per heavy atom. The topological polar surface area (TPSA) is 0 Å². The zero-order chi connectivity index (χ0) is 13.8. The fourth-order valence-electron chi connectivity index (χ4n) is 4.23. The maximum absolute atomic E-state index is 14.3. The molecule has 0 heterocycles. The van der Waals surface area contributed by atoms with Gasteiger partial charge in [-0.2, -0.15) is 0 Å². The van der Waals surface area contributed by atoms with Gasteiger partial charge in [-0.3, -0.25) is 0 Å². The van der Waals surface area contributed by atoms with Crippen LogP contribution in [0.2, 0.25) is 0 Å². The Labute approximate surface area is 116 Å². The second-order valence-electron chi connectivity index (χ2n) is 6.60. The molecule has 0 aliphatic heterocycles. The first-order valence-corrected chi connectivity index (χ1v) is 8.08. The summed E-state index contributed by atoms with van der Waals surface area (Å²) in [5.74, 6) is 0.966. The Bertz CT molecular complexity index is 281. The first-order chi connectivity index (χ1) is 9.17. The molecule has 2 aliphatic rings. The van der Waals surface area contributed by atoms with Gasteiger partial charge >= 0.3 is 0 Å². The molecule has 2 heteroatoms. The predicted octanol–water partition coefficient (Wildman–Crippen LogP) is 5.48. The van der Waals surface area contributed by atoms with Crippen molar-refractivity contribution in [3.8, 4) is 0 Å². The van der Waals surface area contributed by atoms with Crippen molar-refractivity contribution >= 4 is 0 Å². The third-order valence-electron chi connectivity index (χ3n) is 5.45. The van der Waals surface area contributed by atoms with Crippen LogP contribution in [0, 0.1) is 23.7 Å². The molecule has 0 amide bonds. The fourth-order valence-corrected chi connectivity index (χ4v) is 4.23. The largest absolute Gasteiger partial charge is 0.244 e. The van der Waals surface area contributed by atoms with Gasteiger partial charge in [0.15, 0.2) is 0 Å². The van der Waals surface area contributed by atoms with Crippen LogP contribution < -0.4 is 0 Å². The second kappa shape index (κ2) is 6.85. The van der Waals surface area contributed by atoms with Gasteiger partial charge < -0.3 is 0 Å². The molecule has 0 aromatic carbocycles. The molecule has 0 radical (unpaired) electrons. The predicted molar refractivity (Wildman–Crippen MR) is 76.6 cm³/mol. The van der Waals surface area contributed by atoms with Gasteiger partial charge in [0.05, 0.1) is 0 Å². The van der Waals surface area contributed by atoms with E-state index >= 15 is 0 Å². The monoisotopic (exact) mass is 270 g/mol. The molecule has 0 nitrogen and oxygen atoms in total. The minimum absolute atomic E-state index is 0.0335. The van der Waals surface area contributed by atoms with Gasteiger partial charge in [0.1, 0.15) is 12.3 Å². The molecule has 2 fully saturated rings. The SMILES string of the molecule is C=CC1CCC(C2CCC(CCC)CC2)C(F)C1F. The third-order valence-corrected chi connectivity index (χ3v) is 5.45. The standard InChI is InChI=1S/C17H28F2/c1-3-5-12-6-8-14(9-7-12)15-11-10-13(4-2)16(18)17(15)19/h4,12-17H,2-3,5-11H2,1H3. The highest BCUT2D eigenvalue weighted by molar-refractivity contribution is 4.97. The fraction of sp³-hybridized carbons (Fsp3) is 0.882. The minimum atomic E-state index is -1.32. The zero-order valence-electron chi connectivity index (χ0n) is 12.2. The number of alkyl halides is 2. The Hall–Kier alpha value is -0.400. The van der Waals surface area contributed by atoms with Crippen molar-refractivity contribution in [1.29, 1.82) is 0 Å². The summed E-state index contributed by atoms with van der Waals surface area (Å²) in [6.45, 7) is 5.86. The van der Waals surface area contributed by atoms with E-state index in [0.717, 1.165) is 31.6 Å². The number of hydrogen-bond donors (Lipinski definition) is 0. The molecular weight excluding hydrogens is 242 g/mol. The van der Waals surface area contributed by atoms with E-state index in [9.17, 15) is 8.78 Å². The summed E-state index contributed by atoms with van der Waals surface area (Å²) < 4.78 is 28.3. The molecular formula is C17H28F2. The molecule has 2 aliphatic carbocycles. The van der Waals surface area contributed by atoms with Crippen molar-refractivity contribution in [3.63, 3.8) is 0 Å². The van der Waals surface area contributed by atoms with Crippen LogP contribution in [-0.4, -0.2) is 12.3 Å². The van der Waals surface area contributed by atoms with Crippen LogP contribution in [0.3, 0.4) is 0 Å². The van der Waals surface area contributed by atoms with Crippen LogP contribution in [0.5, 0.6) is 0 Å². The Morgan fingerprint density at radius 2 is 1.68 bits per heavy atom. The normalized spacial score (nSPS) is 43.9. The molecule has 0 bridgehead atoms. The molecule has 0 saturated heterocycles. The van der Waals surface area contributed by atoms with Crippen molar-refractivity contribution in [2.24, 2.45) is 23.7 Å².